The lowest BCUT2D eigenvalue weighted by Crippen LogP contribution is -2.39. The van der Waals surface area contributed by atoms with Crippen LogP contribution in [-0.4, -0.2) is 31.6 Å². The van der Waals surface area contributed by atoms with Crippen LogP contribution in [0.25, 0.3) is 0 Å². The molecule has 0 aliphatic carbocycles. The zero-order valence-corrected chi connectivity index (χ0v) is 13.3. The van der Waals surface area contributed by atoms with Gasteiger partial charge in [-0.2, -0.15) is 0 Å². The number of rotatable bonds is 5. The van der Waals surface area contributed by atoms with Crippen molar-refractivity contribution < 1.29 is 4.74 Å². The summed E-state index contributed by atoms with van der Waals surface area (Å²) in [4.78, 5) is 2.66. The molecule has 2 nitrogen and oxygen atoms in total. The molecular weight excluding hydrogens is 246 g/mol. The van der Waals surface area contributed by atoms with E-state index in [0.717, 1.165) is 5.75 Å². The van der Waals surface area contributed by atoms with Gasteiger partial charge in [-0.05, 0) is 56.5 Å². The van der Waals surface area contributed by atoms with E-state index in [4.69, 9.17) is 4.74 Å². The molecule has 20 heavy (non-hydrogen) atoms. The van der Waals surface area contributed by atoms with Crippen LogP contribution in [0, 0.1) is 0 Å². The number of likely N-dealkylation sites (tertiary alicyclic amines) is 1. The van der Waals surface area contributed by atoms with Crippen molar-refractivity contribution in [3.05, 3.63) is 29.8 Å². The Labute approximate surface area is 124 Å². The first-order valence-corrected chi connectivity index (χ1v) is 8.11. The lowest BCUT2D eigenvalue weighted by atomic mass is 9.74. The van der Waals surface area contributed by atoms with Crippen molar-refractivity contribution in [3.63, 3.8) is 0 Å². The highest BCUT2D eigenvalue weighted by Crippen LogP contribution is 2.37. The van der Waals surface area contributed by atoms with Crippen LogP contribution in [0.2, 0.25) is 0 Å². The Balaban J connectivity index is 2.29. The minimum Gasteiger partial charge on any atom is -0.497 e. The van der Waals surface area contributed by atoms with Gasteiger partial charge in [0.25, 0.3) is 0 Å². The summed E-state index contributed by atoms with van der Waals surface area (Å²) in [6.07, 6.45) is 6.44. The average Bonchev–Trinajstić information content (AvgIpc) is 2.71. The van der Waals surface area contributed by atoms with E-state index in [-0.39, 0.29) is 0 Å². The Morgan fingerprint density at radius 3 is 2.80 bits per heavy atom. The molecule has 2 heteroatoms. The molecule has 0 saturated carbocycles. The van der Waals surface area contributed by atoms with Crippen molar-refractivity contribution in [2.45, 2.75) is 51.4 Å². The van der Waals surface area contributed by atoms with E-state index in [2.05, 4.69) is 36.9 Å². The maximum Gasteiger partial charge on any atom is 0.119 e. The molecule has 1 fully saturated rings. The summed E-state index contributed by atoms with van der Waals surface area (Å²) in [5.41, 5.74) is 1.77. The topological polar surface area (TPSA) is 12.5 Å². The second-order valence-electron chi connectivity index (χ2n) is 6.10. The zero-order valence-electron chi connectivity index (χ0n) is 13.3. The maximum atomic E-state index is 5.43. The number of benzene rings is 1. The SMILES string of the molecule is CCCN1CCCCC(CC)(c2cccc(OC)c2)C1. The second-order valence-corrected chi connectivity index (χ2v) is 6.10. The molecular formula is C18H29NO. The normalized spacial score (nSPS) is 24.4. The van der Waals surface area contributed by atoms with E-state index in [0.29, 0.717) is 5.41 Å². The van der Waals surface area contributed by atoms with E-state index in [1.807, 2.05) is 6.07 Å². The summed E-state index contributed by atoms with van der Waals surface area (Å²) in [5.74, 6) is 0.988. The highest BCUT2D eigenvalue weighted by Gasteiger charge is 2.34. The molecule has 0 bridgehead atoms. The second kappa shape index (κ2) is 7.12. The largest absolute Gasteiger partial charge is 0.497 e. The molecule has 0 aromatic heterocycles. The van der Waals surface area contributed by atoms with Gasteiger partial charge in [-0.3, -0.25) is 0 Å². The summed E-state index contributed by atoms with van der Waals surface area (Å²) in [7, 11) is 1.76. The fraction of sp³-hybridized carbons (Fsp3) is 0.667. The number of hydrogen-bond donors (Lipinski definition) is 0. The summed E-state index contributed by atoms with van der Waals surface area (Å²) in [5, 5.41) is 0. The smallest absolute Gasteiger partial charge is 0.119 e. The van der Waals surface area contributed by atoms with Gasteiger partial charge in [0, 0.05) is 12.0 Å². The zero-order chi connectivity index (χ0) is 14.4. The van der Waals surface area contributed by atoms with Gasteiger partial charge in [-0.15, -0.1) is 0 Å². The fourth-order valence-corrected chi connectivity index (χ4v) is 3.57. The molecule has 1 saturated heterocycles. The van der Waals surface area contributed by atoms with E-state index in [1.54, 1.807) is 7.11 Å². The van der Waals surface area contributed by atoms with E-state index < -0.39 is 0 Å². The first kappa shape index (κ1) is 15.4. The summed E-state index contributed by atoms with van der Waals surface area (Å²) >= 11 is 0. The molecule has 1 heterocycles. The molecule has 0 spiro atoms. The fourth-order valence-electron chi connectivity index (χ4n) is 3.57. The number of nitrogens with zero attached hydrogens (tertiary/aromatic N) is 1. The van der Waals surface area contributed by atoms with E-state index >= 15 is 0 Å². The molecule has 1 aliphatic rings. The van der Waals surface area contributed by atoms with Gasteiger partial charge in [0.15, 0.2) is 0 Å². The maximum absolute atomic E-state index is 5.43. The minimum absolute atomic E-state index is 0.306. The molecule has 0 radical (unpaired) electrons. The molecule has 1 aliphatic heterocycles. The van der Waals surface area contributed by atoms with Gasteiger partial charge in [0.2, 0.25) is 0 Å². The Morgan fingerprint density at radius 2 is 2.10 bits per heavy atom. The molecule has 2 rings (SSSR count). The van der Waals surface area contributed by atoms with Crippen molar-refractivity contribution in [1.29, 1.82) is 0 Å². The monoisotopic (exact) mass is 275 g/mol. The lowest BCUT2D eigenvalue weighted by molar-refractivity contribution is 0.218. The Morgan fingerprint density at radius 1 is 1.25 bits per heavy atom. The van der Waals surface area contributed by atoms with E-state index in [9.17, 15) is 0 Å². The van der Waals surface area contributed by atoms with Crippen LogP contribution in [0.5, 0.6) is 5.75 Å². The van der Waals surface area contributed by atoms with Crippen LogP contribution < -0.4 is 4.74 Å². The molecule has 0 N–H and O–H groups in total. The number of ether oxygens (including phenoxy) is 1. The minimum atomic E-state index is 0.306. The van der Waals surface area contributed by atoms with Gasteiger partial charge >= 0.3 is 0 Å². The van der Waals surface area contributed by atoms with Crippen LogP contribution in [0.15, 0.2) is 24.3 Å². The third-order valence-corrected chi connectivity index (χ3v) is 4.80. The van der Waals surface area contributed by atoms with Gasteiger partial charge in [0.1, 0.15) is 5.75 Å². The summed E-state index contributed by atoms with van der Waals surface area (Å²) in [6, 6.07) is 8.73. The molecule has 0 amide bonds. The number of methoxy groups -OCH3 is 1. The third kappa shape index (κ3) is 3.35. The van der Waals surface area contributed by atoms with Crippen LogP contribution in [0.1, 0.15) is 51.5 Å². The predicted molar refractivity (Wildman–Crippen MR) is 85.5 cm³/mol. The molecule has 1 atom stereocenters. The Kier molecular flexibility index (Phi) is 5.47. The molecule has 1 aromatic rings. The van der Waals surface area contributed by atoms with Crippen molar-refractivity contribution >= 4 is 0 Å². The van der Waals surface area contributed by atoms with Crippen LogP contribution in [0.3, 0.4) is 0 Å². The van der Waals surface area contributed by atoms with Crippen molar-refractivity contribution in [2.24, 2.45) is 0 Å². The summed E-state index contributed by atoms with van der Waals surface area (Å²) in [6.45, 7) is 8.31. The highest BCUT2D eigenvalue weighted by molar-refractivity contribution is 5.34. The predicted octanol–water partition coefficient (Wildman–Crippen LogP) is 4.24. The van der Waals surface area contributed by atoms with Crippen molar-refractivity contribution in [1.82, 2.24) is 4.90 Å². The van der Waals surface area contributed by atoms with E-state index in [1.165, 1.54) is 57.3 Å². The van der Waals surface area contributed by atoms with Gasteiger partial charge in [0.05, 0.1) is 7.11 Å². The van der Waals surface area contributed by atoms with Crippen LogP contribution in [-0.2, 0) is 5.41 Å². The van der Waals surface area contributed by atoms with Gasteiger partial charge in [-0.25, -0.2) is 0 Å². The molecule has 1 aromatic carbocycles. The lowest BCUT2D eigenvalue weighted by Gasteiger charge is -2.36. The average molecular weight is 275 g/mol. The van der Waals surface area contributed by atoms with Crippen molar-refractivity contribution in [3.8, 4) is 5.75 Å². The van der Waals surface area contributed by atoms with Crippen LogP contribution in [0.4, 0.5) is 0 Å². The first-order chi connectivity index (χ1) is 9.74. The van der Waals surface area contributed by atoms with Crippen LogP contribution >= 0.6 is 0 Å². The molecule has 1 unspecified atom stereocenters. The number of hydrogen-bond acceptors (Lipinski definition) is 2. The van der Waals surface area contributed by atoms with Gasteiger partial charge < -0.3 is 9.64 Å². The Bertz CT molecular complexity index is 418. The highest BCUT2D eigenvalue weighted by atomic mass is 16.5. The quantitative estimate of drug-likeness (QED) is 0.797. The van der Waals surface area contributed by atoms with Crippen molar-refractivity contribution in [2.75, 3.05) is 26.7 Å². The molecule has 112 valence electrons. The Hall–Kier alpha value is -1.02. The third-order valence-electron chi connectivity index (χ3n) is 4.80. The first-order valence-electron chi connectivity index (χ1n) is 8.11. The standard InChI is InChI=1S/C18H29NO/c1-4-12-19-13-7-6-11-18(5-2,15-19)16-9-8-10-17(14-16)20-3/h8-10,14H,4-7,11-13,15H2,1-3H3. The summed E-state index contributed by atoms with van der Waals surface area (Å²) < 4.78 is 5.43. The van der Waals surface area contributed by atoms with Gasteiger partial charge in [-0.1, -0.05) is 32.4 Å².